The molecule has 3 nitrogen and oxygen atoms in total. The van der Waals surface area contributed by atoms with E-state index < -0.39 is 5.97 Å². The van der Waals surface area contributed by atoms with Crippen molar-refractivity contribution in [3.05, 3.63) is 33.7 Å². The summed E-state index contributed by atoms with van der Waals surface area (Å²) in [5, 5.41) is 9.73. The summed E-state index contributed by atoms with van der Waals surface area (Å²) in [5.41, 5.74) is 0.374. The summed E-state index contributed by atoms with van der Waals surface area (Å²) in [6, 6.07) is 4.76. The van der Waals surface area contributed by atoms with Crippen molar-refractivity contribution in [2.24, 2.45) is 0 Å². The van der Waals surface area contributed by atoms with E-state index in [4.69, 9.17) is 16.7 Å². The molecule has 0 amide bonds. The van der Waals surface area contributed by atoms with E-state index in [1.807, 2.05) is 0 Å². The monoisotopic (exact) mass is 240 g/mol. The van der Waals surface area contributed by atoms with E-state index in [0.717, 1.165) is 16.0 Å². The van der Waals surface area contributed by atoms with Gasteiger partial charge in [-0.2, -0.15) is 0 Å². The lowest BCUT2D eigenvalue weighted by Gasteiger charge is -1.96. The van der Waals surface area contributed by atoms with Crippen LogP contribution < -0.4 is 0 Å². The first-order valence-electron chi connectivity index (χ1n) is 4.04. The Morgan fingerprint density at radius 1 is 1.47 bits per heavy atom. The highest BCUT2D eigenvalue weighted by atomic mass is 35.5. The number of carboxylic acids is 1. The van der Waals surface area contributed by atoms with Gasteiger partial charge in [0, 0.05) is 15.6 Å². The number of carbonyl (C=O) groups is 2. The van der Waals surface area contributed by atoms with Crippen LogP contribution >= 0.6 is 22.9 Å². The molecule has 0 spiro atoms. The van der Waals surface area contributed by atoms with Gasteiger partial charge in [-0.3, -0.25) is 4.79 Å². The average molecular weight is 241 g/mol. The molecule has 0 saturated heterocycles. The molecule has 0 radical (unpaired) electrons. The van der Waals surface area contributed by atoms with Crippen LogP contribution in [0.25, 0.3) is 10.1 Å². The minimum absolute atomic E-state index is 0.218. The van der Waals surface area contributed by atoms with Crippen LogP contribution in [0.15, 0.2) is 18.2 Å². The molecule has 2 rings (SSSR count). The summed E-state index contributed by atoms with van der Waals surface area (Å²) in [7, 11) is 0. The minimum atomic E-state index is -0.986. The fraction of sp³-hybridized carbons (Fsp3) is 0. The maximum Gasteiger partial charge on any atom is 0.345 e. The van der Waals surface area contributed by atoms with Crippen molar-refractivity contribution in [3.8, 4) is 0 Å². The highest BCUT2D eigenvalue weighted by molar-refractivity contribution is 7.20. The maximum absolute atomic E-state index is 10.7. The van der Waals surface area contributed by atoms with Crippen molar-refractivity contribution in [1.82, 2.24) is 0 Å². The molecule has 0 fully saturated rings. The first kappa shape index (κ1) is 10.1. The third-order valence-corrected chi connectivity index (χ3v) is 3.51. The van der Waals surface area contributed by atoms with Crippen LogP contribution in [0.2, 0.25) is 5.02 Å². The van der Waals surface area contributed by atoms with Crippen molar-refractivity contribution in [3.63, 3.8) is 0 Å². The third-order valence-electron chi connectivity index (χ3n) is 2.00. The molecule has 76 valence electrons. The second kappa shape index (κ2) is 3.64. The number of aromatic carboxylic acids is 1. The maximum atomic E-state index is 10.7. The Morgan fingerprint density at radius 2 is 2.20 bits per heavy atom. The number of hydrogen-bond acceptors (Lipinski definition) is 3. The van der Waals surface area contributed by atoms with Gasteiger partial charge in [0.25, 0.3) is 0 Å². The Kier molecular flexibility index (Phi) is 2.46. The third kappa shape index (κ3) is 1.62. The lowest BCUT2D eigenvalue weighted by molar-refractivity contribution is 0.0702. The van der Waals surface area contributed by atoms with Gasteiger partial charge in [-0.05, 0) is 18.2 Å². The van der Waals surface area contributed by atoms with E-state index >= 15 is 0 Å². The van der Waals surface area contributed by atoms with Crippen LogP contribution in [0.4, 0.5) is 0 Å². The van der Waals surface area contributed by atoms with Gasteiger partial charge in [0.15, 0.2) is 6.29 Å². The molecular weight excluding hydrogens is 236 g/mol. The summed E-state index contributed by atoms with van der Waals surface area (Å²) in [5.74, 6) is -0.986. The van der Waals surface area contributed by atoms with Gasteiger partial charge in [-0.25, -0.2) is 4.79 Å². The summed E-state index contributed by atoms with van der Waals surface area (Å²) < 4.78 is 0.767. The number of carboxylic acid groups (broad SMARTS) is 1. The first-order chi connectivity index (χ1) is 7.13. The average Bonchev–Trinajstić information content (AvgIpc) is 2.63. The molecule has 0 bridgehead atoms. The Bertz CT molecular complexity index is 559. The van der Waals surface area contributed by atoms with Gasteiger partial charge in [0.1, 0.15) is 4.88 Å². The number of aldehydes is 1. The second-order valence-corrected chi connectivity index (χ2v) is 4.38. The number of hydrogen-bond donors (Lipinski definition) is 1. The predicted octanol–water partition coefficient (Wildman–Crippen LogP) is 3.07. The second-order valence-electron chi connectivity index (χ2n) is 2.91. The van der Waals surface area contributed by atoms with Crippen LogP contribution in [-0.2, 0) is 0 Å². The van der Waals surface area contributed by atoms with Crippen LogP contribution in [0, 0.1) is 0 Å². The molecular formula is C10H5ClO3S. The molecule has 0 atom stereocenters. The van der Waals surface area contributed by atoms with Crippen LogP contribution in [0.1, 0.15) is 20.0 Å². The highest BCUT2D eigenvalue weighted by Crippen LogP contribution is 2.32. The Hall–Kier alpha value is -1.39. The Labute approximate surface area is 93.9 Å². The molecule has 0 aliphatic heterocycles. The van der Waals surface area contributed by atoms with Crippen molar-refractivity contribution in [2.45, 2.75) is 0 Å². The molecule has 0 aliphatic carbocycles. The molecule has 15 heavy (non-hydrogen) atoms. The molecule has 2 aromatic rings. The van der Waals surface area contributed by atoms with Crippen molar-refractivity contribution >= 4 is 45.3 Å². The summed E-state index contributed by atoms with van der Waals surface area (Å²) in [6.07, 6.45) is 0.653. The SMILES string of the molecule is O=Cc1ccc2sc(C(=O)O)cc2c1Cl. The number of halogens is 1. The molecule has 1 aromatic carbocycles. The summed E-state index contributed by atoms with van der Waals surface area (Å²) >= 11 is 7.08. The molecule has 1 N–H and O–H groups in total. The number of thiophene rings is 1. The quantitative estimate of drug-likeness (QED) is 0.821. The minimum Gasteiger partial charge on any atom is -0.477 e. The van der Waals surface area contributed by atoms with Gasteiger partial charge in [0.2, 0.25) is 0 Å². The van der Waals surface area contributed by atoms with Gasteiger partial charge in [-0.1, -0.05) is 11.6 Å². The predicted molar refractivity (Wildman–Crippen MR) is 59.2 cm³/mol. The van der Waals surface area contributed by atoms with Crippen LogP contribution in [0.3, 0.4) is 0 Å². The number of rotatable bonds is 2. The van der Waals surface area contributed by atoms with Gasteiger partial charge < -0.3 is 5.11 Å². The number of benzene rings is 1. The lowest BCUT2D eigenvalue weighted by atomic mass is 10.2. The zero-order chi connectivity index (χ0) is 11.0. The largest absolute Gasteiger partial charge is 0.477 e. The standard InChI is InChI=1S/C10H5ClO3S/c11-9-5(4-12)1-2-7-6(9)3-8(15-7)10(13)14/h1-4H,(H,13,14). The summed E-state index contributed by atoms with van der Waals surface area (Å²) in [6.45, 7) is 0. The van der Waals surface area contributed by atoms with E-state index in [-0.39, 0.29) is 4.88 Å². The Morgan fingerprint density at radius 3 is 2.80 bits per heavy atom. The van der Waals surface area contributed by atoms with Gasteiger partial charge in [-0.15, -0.1) is 11.3 Å². The smallest absolute Gasteiger partial charge is 0.345 e. The molecule has 0 saturated carbocycles. The molecule has 5 heteroatoms. The molecule has 0 aliphatic rings. The van der Waals surface area contributed by atoms with E-state index in [2.05, 4.69) is 0 Å². The van der Waals surface area contributed by atoms with Crippen LogP contribution in [0.5, 0.6) is 0 Å². The fourth-order valence-electron chi connectivity index (χ4n) is 1.29. The molecule has 1 aromatic heterocycles. The van der Waals surface area contributed by atoms with Gasteiger partial charge >= 0.3 is 5.97 Å². The zero-order valence-electron chi connectivity index (χ0n) is 7.36. The topological polar surface area (TPSA) is 54.4 Å². The highest BCUT2D eigenvalue weighted by Gasteiger charge is 2.12. The van der Waals surface area contributed by atoms with E-state index in [9.17, 15) is 9.59 Å². The fourth-order valence-corrected chi connectivity index (χ4v) is 2.52. The van der Waals surface area contributed by atoms with E-state index in [1.54, 1.807) is 12.1 Å². The first-order valence-corrected chi connectivity index (χ1v) is 5.23. The number of fused-ring (bicyclic) bond motifs is 1. The summed E-state index contributed by atoms with van der Waals surface area (Å²) in [4.78, 5) is 21.6. The van der Waals surface area contributed by atoms with Crippen molar-refractivity contribution in [2.75, 3.05) is 0 Å². The molecule has 0 unspecified atom stereocenters. The van der Waals surface area contributed by atoms with Crippen molar-refractivity contribution < 1.29 is 14.7 Å². The zero-order valence-corrected chi connectivity index (χ0v) is 8.93. The van der Waals surface area contributed by atoms with Gasteiger partial charge in [0.05, 0.1) is 5.02 Å². The van der Waals surface area contributed by atoms with E-state index in [0.29, 0.717) is 22.3 Å². The molecule has 1 heterocycles. The van der Waals surface area contributed by atoms with Crippen molar-refractivity contribution in [1.29, 1.82) is 0 Å². The van der Waals surface area contributed by atoms with E-state index in [1.165, 1.54) is 6.07 Å². The lowest BCUT2D eigenvalue weighted by Crippen LogP contribution is -1.89. The Balaban J connectivity index is 2.76. The normalized spacial score (nSPS) is 10.5. The van der Waals surface area contributed by atoms with Crippen LogP contribution in [-0.4, -0.2) is 17.4 Å². The number of carbonyl (C=O) groups excluding carboxylic acids is 1.